The lowest BCUT2D eigenvalue weighted by Gasteiger charge is -2.02. The number of hydrogen-bond donors (Lipinski definition) is 1. The summed E-state index contributed by atoms with van der Waals surface area (Å²) in [6.45, 7) is 0. The van der Waals surface area contributed by atoms with Crippen molar-refractivity contribution >= 4 is 28.5 Å². The largest absolute Gasteiger partial charge is 0.475 e. The van der Waals surface area contributed by atoms with E-state index in [4.69, 9.17) is 25.5 Å². The first-order chi connectivity index (χ1) is 12.6. The van der Waals surface area contributed by atoms with Gasteiger partial charge >= 0.3 is 5.97 Å². The fourth-order valence-corrected chi connectivity index (χ4v) is 3.28. The summed E-state index contributed by atoms with van der Waals surface area (Å²) in [4.78, 5) is 11.0. The van der Waals surface area contributed by atoms with Gasteiger partial charge in [-0.2, -0.15) is 0 Å². The number of aromatic carboxylic acids is 1. The Labute approximate surface area is 154 Å². The normalized spacial score (nSPS) is 11.1. The molecule has 0 bridgehead atoms. The molecule has 4 aromatic rings. The van der Waals surface area contributed by atoms with Gasteiger partial charge in [0.25, 0.3) is 0 Å². The molecule has 130 valence electrons. The Bertz CT molecular complexity index is 1080. The average molecular weight is 367 g/mol. The standard InChI is InChI=1S/C21H15ClO4/c22-16-9-14(11-17-6-7-19(25-17)21(23)24)20-15(10-16)12-18(26-20)8-13-4-2-1-3-5-13/h1-7,9-10,12H,8,11H2,(H,23,24). The van der Waals surface area contributed by atoms with Crippen LogP contribution in [0.3, 0.4) is 0 Å². The zero-order chi connectivity index (χ0) is 18.1. The Balaban J connectivity index is 1.68. The molecule has 0 radical (unpaired) electrons. The highest BCUT2D eigenvalue weighted by atomic mass is 35.5. The van der Waals surface area contributed by atoms with E-state index in [-0.39, 0.29) is 5.76 Å². The molecule has 2 aromatic heterocycles. The molecule has 4 rings (SSSR count). The summed E-state index contributed by atoms with van der Waals surface area (Å²) in [5, 5.41) is 10.5. The first kappa shape index (κ1) is 16.5. The van der Waals surface area contributed by atoms with Gasteiger partial charge in [0.15, 0.2) is 0 Å². The van der Waals surface area contributed by atoms with E-state index in [1.807, 2.05) is 36.4 Å². The molecule has 0 aliphatic heterocycles. The minimum absolute atomic E-state index is 0.0810. The second-order valence-corrected chi connectivity index (χ2v) is 6.54. The van der Waals surface area contributed by atoms with Gasteiger partial charge in [-0.05, 0) is 35.9 Å². The molecule has 5 heteroatoms. The van der Waals surface area contributed by atoms with Crippen molar-refractivity contribution in [1.82, 2.24) is 0 Å². The van der Waals surface area contributed by atoms with E-state index in [9.17, 15) is 4.79 Å². The van der Waals surface area contributed by atoms with Crippen molar-refractivity contribution in [1.29, 1.82) is 0 Å². The molecule has 1 N–H and O–H groups in total. The number of fused-ring (bicyclic) bond motifs is 1. The first-order valence-corrected chi connectivity index (χ1v) is 8.53. The van der Waals surface area contributed by atoms with Gasteiger partial charge in [0.05, 0.1) is 0 Å². The molecule has 0 aliphatic rings. The van der Waals surface area contributed by atoms with Gasteiger partial charge in [-0.3, -0.25) is 0 Å². The number of benzene rings is 2. The van der Waals surface area contributed by atoms with E-state index in [2.05, 4.69) is 12.1 Å². The van der Waals surface area contributed by atoms with Crippen LogP contribution in [0.2, 0.25) is 5.02 Å². The predicted molar refractivity (Wildman–Crippen MR) is 98.9 cm³/mol. The van der Waals surface area contributed by atoms with Crippen molar-refractivity contribution in [3.8, 4) is 0 Å². The number of carboxylic acids is 1. The molecule has 26 heavy (non-hydrogen) atoms. The van der Waals surface area contributed by atoms with Crippen molar-refractivity contribution in [2.45, 2.75) is 12.8 Å². The summed E-state index contributed by atoms with van der Waals surface area (Å²) < 4.78 is 11.4. The fraction of sp³-hybridized carbons (Fsp3) is 0.0952. The monoisotopic (exact) mass is 366 g/mol. The lowest BCUT2D eigenvalue weighted by molar-refractivity contribution is 0.0660. The molecular formula is C21H15ClO4. The molecule has 0 spiro atoms. The van der Waals surface area contributed by atoms with E-state index in [0.29, 0.717) is 23.6 Å². The maximum atomic E-state index is 11.0. The number of hydrogen-bond acceptors (Lipinski definition) is 3. The summed E-state index contributed by atoms with van der Waals surface area (Å²) in [5.41, 5.74) is 2.77. The van der Waals surface area contributed by atoms with Crippen molar-refractivity contribution in [3.05, 3.63) is 94.1 Å². The zero-order valence-corrected chi connectivity index (χ0v) is 14.5. The van der Waals surface area contributed by atoms with E-state index >= 15 is 0 Å². The average Bonchev–Trinajstić information content (AvgIpc) is 3.22. The highest BCUT2D eigenvalue weighted by Gasteiger charge is 2.14. The highest BCUT2D eigenvalue weighted by Crippen LogP contribution is 2.30. The summed E-state index contributed by atoms with van der Waals surface area (Å²) in [5.74, 6) is 0.227. The van der Waals surface area contributed by atoms with Crippen LogP contribution in [-0.4, -0.2) is 11.1 Å². The SMILES string of the molecule is O=C(O)c1ccc(Cc2cc(Cl)cc3cc(Cc4ccccc4)oc23)o1. The van der Waals surface area contributed by atoms with Crippen LogP contribution in [0, 0.1) is 0 Å². The Kier molecular flexibility index (Phi) is 4.27. The van der Waals surface area contributed by atoms with Crippen LogP contribution in [0.15, 0.2) is 69.5 Å². The van der Waals surface area contributed by atoms with Crippen LogP contribution in [0.4, 0.5) is 0 Å². The van der Waals surface area contributed by atoms with Gasteiger partial charge in [-0.1, -0.05) is 41.9 Å². The third-order valence-electron chi connectivity index (χ3n) is 4.17. The van der Waals surface area contributed by atoms with Gasteiger partial charge in [0.1, 0.15) is 17.1 Å². The van der Waals surface area contributed by atoms with Crippen molar-refractivity contribution in [2.24, 2.45) is 0 Å². The molecule has 0 fully saturated rings. The van der Waals surface area contributed by atoms with Crippen LogP contribution in [0.5, 0.6) is 0 Å². The van der Waals surface area contributed by atoms with E-state index in [1.54, 1.807) is 6.07 Å². The lowest BCUT2D eigenvalue weighted by atomic mass is 10.1. The summed E-state index contributed by atoms with van der Waals surface area (Å²) in [7, 11) is 0. The molecular weight excluding hydrogens is 352 g/mol. The van der Waals surface area contributed by atoms with Crippen molar-refractivity contribution in [2.75, 3.05) is 0 Å². The zero-order valence-electron chi connectivity index (χ0n) is 13.7. The first-order valence-electron chi connectivity index (χ1n) is 8.15. The second kappa shape index (κ2) is 6.73. The molecule has 4 nitrogen and oxygen atoms in total. The van der Waals surface area contributed by atoms with Crippen LogP contribution < -0.4 is 0 Å². The van der Waals surface area contributed by atoms with E-state index in [1.165, 1.54) is 6.07 Å². The van der Waals surface area contributed by atoms with Crippen molar-refractivity contribution in [3.63, 3.8) is 0 Å². The molecule has 0 amide bonds. The predicted octanol–water partition coefficient (Wildman–Crippen LogP) is 5.56. The number of rotatable bonds is 5. The molecule has 0 saturated heterocycles. The van der Waals surface area contributed by atoms with Crippen LogP contribution >= 0.6 is 11.6 Å². The molecule has 2 aromatic carbocycles. The molecule has 0 saturated carbocycles. The summed E-state index contributed by atoms with van der Waals surface area (Å²) >= 11 is 6.25. The Morgan fingerprint density at radius 1 is 0.923 bits per heavy atom. The maximum absolute atomic E-state index is 11.0. The van der Waals surface area contributed by atoms with Crippen molar-refractivity contribution < 1.29 is 18.7 Å². The minimum atomic E-state index is -1.09. The summed E-state index contributed by atoms with van der Waals surface area (Å²) in [6.07, 6.45) is 1.10. The van der Waals surface area contributed by atoms with E-state index < -0.39 is 5.97 Å². The van der Waals surface area contributed by atoms with Gasteiger partial charge in [-0.15, -0.1) is 0 Å². The van der Waals surface area contributed by atoms with E-state index in [0.717, 1.165) is 27.9 Å². The highest BCUT2D eigenvalue weighted by molar-refractivity contribution is 6.31. The van der Waals surface area contributed by atoms with Crippen LogP contribution in [0.1, 0.15) is 33.2 Å². The smallest absolute Gasteiger partial charge is 0.371 e. The van der Waals surface area contributed by atoms with Crippen LogP contribution in [0.25, 0.3) is 11.0 Å². The number of halogens is 1. The number of carboxylic acid groups (broad SMARTS) is 1. The Morgan fingerprint density at radius 3 is 2.46 bits per heavy atom. The fourth-order valence-electron chi connectivity index (χ4n) is 3.03. The molecule has 0 atom stereocenters. The van der Waals surface area contributed by atoms with Gasteiger partial charge in [0, 0.05) is 28.8 Å². The van der Waals surface area contributed by atoms with Gasteiger partial charge in [-0.25, -0.2) is 4.79 Å². The topological polar surface area (TPSA) is 63.6 Å². The van der Waals surface area contributed by atoms with Gasteiger partial charge < -0.3 is 13.9 Å². The van der Waals surface area contributed by atoms with Crippen LogP contribution in [-0.2, 0) is 12.8 Å². The second-order valence-electron chi connectivity index (χ2n) is 6.11. The quantitative estimate of drug-likeness (QED) is 0.502. The number of furan rings is 2. The maximum Gasteiger partial charge on any atom is 0.371 e. The molecule has 2 heterocycles. The number of carbonyl (C=O) groups is 1. The molecule has 0 unspecified atom stereocenters. The lowest BCUT2D eigenvalue weighted by Crippen LogP contribution is -1.92. The third kappa shape index (κ3) is 3.37. The van der Waals surface area contributed by atoms with Gasteiger partial charge in [0.2, 0.25) is 5.76 Å². The summed E-state index contributed by atoms with van der Waals surface area (Å²) in [6, 6.07) is 18.9. The third-order valence-corrected chi connectivity index (χ3v) is 4.39. The minimum Gasteiger partial charge on any atom is -0.475 e. The Morgan fingerprint density at radius 2 is 1.73 bits per heavy atom. The molecule has 0 aliphatic carbocycles. The Hall–Kier alpha value is -2.98.